The summed E-state index contributed by atoms with van der Waals surface area (Å²) < 4.78 is 10.5. The zero-order valence-corrected chi connectivity index (χ0v) is 15.0. The number of hydrogen-bond donors (Lipinski definition) is 2. The quantitative estimate of drug-likeness (QED) is 0.345. The lowest BCUT2D eigenvalue weighted by atomic mass is 10.1. The lowest BCUT2D eigenvalue weighted by molar-refractivity contribution is -0.151. The normalized spacial score (nSPS) is 15.1. The summed E-state index contributed by atoms with van der Waals surface area (Å²) in [7, 11) is 0. The molecule has 0 aliphatic rings. The molecule has 0 aromatic heterocycles. The second-order valence-electron chi connectivity index (χ2n) is 5.37. The van der Waals surface area contributed by atoms with Crippen LogP contribution in [0.25, 0.3) is 0 Å². The topological polar surface area (TPSA) is 52.6 Å². The van der Waals surface area contributed by atoms with Crippen molar-refractivity contribution in [1.82, 2.24) is 0 Å². The van der Waals surface area contributed by atoms with Gasteiger partial charge < -0.3 is 9.47 Å². The van der Waals surface area contributed by atoms with E-state index in [2.05, 4.69) is 32.2 Å². The van der Waals surface area contributed by atoms with Crippen molar-refractivity contribution in [2.24, 2.45) is 0 Å². The minimum absolute atomic E-state index is 0.00366. The third-order valence-corrected chi connectivity index (χ3v) is 3.13. The van der Waals surface area contributed by atoms with E-state index in [4.69, 9.17) is 9.47 Å². The van der Waals surface area contributed by atoms with Crippen LogP contribution in [-0.2, 0) is 19.1 Å². The van der Waals surface area contributed by atoms with Gasteiger partial charge in [-0.1, -0.05) is 27.2 Å². The molecule has 21 heavy (non-hydrogen) atoms. The lowest BCUT2D eigenvalue weighted by Gasteiger charge is -2.18. The maximum atomic E-state index is 11.6. The Kier molecular flexibility index (Phi) is 12.0. The number of hydrogen-bond acceptors (Lipinski definition) is 6. The monoisotopic (exact) mass is 336 g/mol. The maximum Gasteiger partial charge on any atom is 0.307 e. The van der Waals surface area contributed by atoms with Crippen LogP contribution >= 0.6 is 25.3 Å². The molecule has 6 heteroatoms. The first-order chi connectivity index (χ1) is 9.85. The van der Waals surface area contributed by atoms with Gasteiger partial charge in [0.2, 0.25) is 0 Å². The van der Waals surface area contributed by atoms with E-state index < -0.39 is 0 Å². The van der Waals surface area contributed by atoms with Crippen LogP contribution in [0.2, 0.25) is 0 Å². The molecule has 0 saturated carbocycles. The molecule has 0 rings (SSSR count). The first-order valence-electron chi connectivity index (χ1n) is 7.56. The highest BCUT2D eigenvalue weighted by atomic mass is 32.1. The Bertz CT molecular complexity index is 306. The van der Waals surface area contributed by atoms with E-state index in [1.54, 1.807) is 0 Å². The van der Waals surface area contributed by atoms with E-state index >= 15 is 0 Å². The van der Waals surface area contributed by atoms with E-state index in [0.29, 0.717) is 32.3 Å². The molecule has 3 unspecified atom stereocenters. The van der Waals surface area contributed by atoms with Crippen LogP contribution < -0.4 is 0 Å². The van der Waals surface area contributed by atoms with E-state index in [9.17, 15) is 9.59 Å². The average molecular weight is 337 g/mol. The fourth-order valence-corrected chi connectivity index (χ4v) is 2.15. The Hall–Kier alpha value is -0.360. The number of esters is 2. The Morgan fingerprint density at radius 3 is 2.10 bits per heavy atom. The van der Waals surface area contributed by atoms with E-state index in [1.165, 1.54) is 0 Å². The second kappa shape index (κ2) is 12.2. The van der Waals surface area contributed by atoms with E-state index in [0.717, 1.165) is 12.8 Å². The van der Waals surface area contributed by atoms with Crippen LogP contribution in [0.1, 0.15) is 59.3 Å². The maximum absolute atomic E-state index is 11.6. The van der Waals surface area contributed by atoms with Crippen molar-refractivity contribution in [2.75, 3.05) is 6.61 Å². The van der Waals surface area contributed by atoms with Gasteiger partial charge in [0.05, 0.1) is 19.4 Å². The molecule has 0 radical (unpaired) electrons. The van der Waals surface area contributed by atoms with Gasteiger partial charge in [-0.05, 0) is 19.3 Å². The van der Waals surface area contributed by atoms with Crippen molar-refractivity contribution in [1.29, 1.82) is 0 Å². The molecule has 0 saturated heterocycles. The van der Waals surface area contributed by atoms with Crippen LogP contribution in [0.5, 0.6) is 0 Å². The van der Waals surface area contributed by atoms with Crippen LogP contribution in [0.15, 0.2) is 0 Å². The fourth-order valence-electron chi connectivity index (χ4n) is 1.86. The fraction of sp³-hybridized carbons (Fsp3) is 0.867. The number of thiol groups is 2. The molecule has 0 N–H and O–H groups in total. The summed E-state index contributed by atoms with van der Waals surface area (Å²) >= 11 is 8.33. The Balaban J connectivity index is 3.93. The van der Waals surface area contributed by atoms with E-state index in [1.807, 2.05) is 13.8 Å². The summed E-state index contributed by atoms with van der Waals surface area (Å²) in [6.07, 6.45) is 3.72. The third-order valence-electron chi connectivity index (χ3n) is 2.77. The van der Waals surface area contributed by atoms with Gasteiger partial charge in [-0.3, -0.25) is 9.59 Å². The minimum atomic E-state index is -0.231. The van der Waals surface area contributed by atoms with Crippen LogP contribution in [0, 0.1) is 0 Å². The van der Waals surface area contributed by atoms with Gasteiger partial charge >= 0.3 is 11.9 Å². The van der Waals surface area contributed by atoms with Gasteiger partial charge in [0.15, 0.2) is 0 Å². The predicted molar refractivity (Wildman–Crippen MR) is 91.1 cm³/mol. The third kappa shape index (κ3) is 13.1. The summed E-state index contributed by atoms with van der Waals surface area (Å²) in [5.41, 5.74) is 0. The number of rotatable bonds is 11. The SMILES string of the molecule is CCCC(CCCOC(=O)CC(C)S)OC(=O)CC(C)S. The van der Waals surface area contributed by atoms with Crippen molar-refractivity contribution < 1.29 is 19.1 Å². The van der Waals surface area contributed by atoms with Crippen LogP contribution in [-0.4, -0.2) is 35.1 Å². The van der Waals surface area contributed by atoms with Gasteiger partial charge in [-0.2, -0.15) is 25.3 Å². The van der Waals surface area contributed by atoms with Gasteiger partial charge in [0.1, 0.15) is 6.10 Å². The van der Waals surface area contributed by atoms with Crippen molar-refractivity contribution in [3.63, 3.8) is 0 Å². The molecule has 0 heterocycles. The smallest absolute Gasteiger partial charge is 0.307 e. The molecular weight excluding hydrogens is 308 g/mol. The molecule has 3 atom stereocenters. The summed E-state index contributed by atoms with van der Waals surface area (Å²) in [6, 6.07) is 0. The zero-order valence-electron chi connectivity index (χ0n) is 13.2. The summed E-state index contributed by atoms with van der Waals surface area (Å²) in [5, 5.41) is 0.0125. The average Bonchev–Trinajstić information content (AvgIpc) is 2.32. The van der Waals surface area contributed by atoms with Gasteiger partial charge in [0, 0.05) is 10.5 Å². The minimum Gasteiger partial charge on any atom is -0.466 e. The molecule has 0 aromatic carbocycles. The van der Waals surface area contributed by atoms with Crippen LogP contribution in [0.3, 0.4) is 0 Å². The summed E-state index contributed by atoms with van der Waals surface area (Å²) in [5.74, 6) is -0.442. The number of carbonyl (C=O) groups excluding carboxylic acids is 2. The van der Waals surface area contributed by atoms with E-state index in [-0.39, 0.29) is 28.5 Å². The molecule has 4 nitrogen and oxygen atoms in total. The highest BCUT2D eigenvalue weighted by molar-refractivity contribution is 7.81. The van der Waals surface area contributed by atoms with Gasteiger partial charge in [0.25, 0.3) is 0 Å². The molecular formula is C15H28O4S2. The molecule has 0 spiro atoms. The highest BCUT2D eigenvalue weighted by Gasteiger charge is 2.15. The largest absolute Gasteiger partial charge is 0.466 e. The van der Waals surface area contributed by atoms with Gasteiger partial charge in [-0.15, -0.1) is 0 Å². The first-order valence-corrected chi connectivity index (χ1v) is 8.59. The number of ether oxygens (including phenoxy) is 2. The summed E-state index contributed by atoms with van der Waals surface area (Å²) in [4.78, 5) is 23.0. The van der Waals surface area contributed by atoms with Crippen molar-refractivity contribution in [3.8, 4) is 0 Å². The predicted octanol–water partition coefficient (Wildman–Crippen LogP) is 3.44. The molecule has 0 amide bonds. The van der Waals surface area contributed by atoms with Gasteiger partial charge in [-0.25, -0.2) is 0 Å². The second-order valence-corrected chi connectivity index (χ2v) is 7.13. The molecule has 0 bridgehead atoms. The zero-order chi connectivity index (χ0) is 16.3. The molecule has 0 aliphatic carbocycles. The Labute approximate surface area is 139 Å². The first kappa shape index (κ1) is 20.6. The van der Waals surface area contributed by atoms with Crippen LogP contribution in [0.4, 0.5) is 0 Å². The van der Waals surface area contributed by atoms with Crippen molar-refractivity contribution >= 4 is 37.2 Å². The Morgan fingerprint density at radius 2 is 1.57 bits per heavy atom. The summed E-state index contributed by atoms with van der Waals surface area (Å²) in [6.45, 7) is 6.13. The standard InChI is InChI=1S/C15H28O4S2/c1-4-6-13(19-15(17)10-12(3)21)7-5-8-18-14(16)9-11(2)20/h11-13,20-21H,4-10H2,1-3H3. The van der Waals surface area contributed by atoms with Crippen molar-refractivity contribution in [3.05, 3.63) is 0 Å². The molecule has 0 fully saturated rings. The Morgan fingerprint density at radius 1 is 1.00 bits per heavy atom. The molecule has 124 valence electrons. The number of carbonyl (C=O) groups is 2. The molecule has 0 aromatic rings. The lowest BCUT2D eigenvalue weighted by Crippen LogP contribution is -2.20. The van der Waals surface area contributed by atoms with Crippen molar-refractivity contribution in [2.45, 2.75) is 75.9 Å². The highest BCUT2D eigenvalue weighted by Crippen LogP contribution is 2.13. The molecule has 0 aliphatic heterocycles.